The standard InChI is InChI=1S/C14H20N2O3/c1-5-15-13(18)14(2,3)16-11-8-6-10(7-9-11)12(17)19-4/h6-9,16H,5H2,1-4H3,(H,15,18). The number of nitrogens with one attached hydrogen (secondary N) is 2. The van der Waals surface area contributed by atoms with Gasteiger partial charge in [-0.3, -0.25) is 4.79 Å². The van der Waals surface area contributed by atoms with Crippen LogP contribution in [0.15, 0.2) is 24.3 Å². The molecular formula is C14H20N2O3. The van der Waals surface area contributed by atoms with Crippen molar-refractivity contribution >= 4 is 17.6 Å². The maximum Gasteiger partial charge on any atom is 0.337 e. The Morgan fingerprint density at radius 1 is 1.21 bits per heavy atom. The van der Waals surface area contributed by atoms with E-state index in [1.807, 2.05) is 6.92 Å². The van der Waals surface area contributed by atoms with Gasteiger partial charge in [0, 0.05) is 12.2 Å². The fourth-order valence-corrected chi connectivity index (χ4v) is 1.61. The van der Waals surface area contributed by atoms with Gasteiger partial charge in [0.1, 0.15) is 5.54 Å². The molecule has 0 heterocycles. The molecule has 0 saturated heterocycles. The predicted octanol–water partition coefficient (Wildman–Crippen LogP) is 1.80. The number of hydrogen-bond acceptors (Lipinski definition) is 4. The maximum absolute atomic E-state index is 11.8. The van der Waals surface area contributed by atoms with Crippen molar-refractivity contribution in [1.82, 2.24) is 5.32 Å². The Balaban J connectivity index is 2.77. The second-order valence-corrected chi connectivity index (χ2v) is 4.68. The minimum atomic E-state index is -0.719. The first kappa shape index (κ1) is 15.0. The molecule has 0 aliphatic heterocycles. The number of methoxy groups -OCH3 is 1. The van der Waals surface area contributed by atoms with Crippen LogP contribution < -0.4 is 10.6 Å². The summed E-state index contributed by atoms with van der Waals surface area (Å²) in [7, 11) is 1.34. The Morgan fingerprint density at radius 2 is 1.79 bits per heavy atom. The summed E-state index contributed by atoms with van der Waals surface area (Å²) in [6, 6.07) is 6.80. The fraction of sp³-hybridized carbons (Fsp3) is 0.429. The topological polar surface area (TPSA) is 67.4 Å². The third-order valence-corrected chi connectivity index (χ3v) is 2.67. The normalized spacial score (nSPS) is 10.7. The van der Waals surface area contributed by atoms with Gasteiger partial charge in [-0.25, -0.2) is 4.79 Å². The summed E-state index contributed by atoms with van der Waals surface area (Å²) in [4.78, 5) is 23.1. The van der Waals surface area contributed by atoms with Crippen LogP contribution in [0.2, 0.25) is 0 Å². The van der Waals surface area contributed by atoms with Gasteiger partial charge in [-0.15, -0.1) is 0 Å². The molecule has 0 unspecified atom stereocenters. The van der Waals surface area contributed by atoms with Crippen molar-refractivity contribution in [3.63, 3.8) is 0 Å². The summed E-state index contributed by atoms with van der Waals surface area (Å²) in [6.07, 6.45) is 0. The molecule has 0 aliphatic rings. The van der Waals surface area contributed by atoms with E-state index in [9.17, 15) is 9.59 Å². The predicted molar refractivity (Wildman–Crippen MR) is 74.2 cm³/mol. The Morgan fingerprint density at radius 3 is 2.26 bits per heavy atom. The van der Waals surface area contributed by atoms with Crippen molar-refractivity contribution in [2.75, 3.05) is 19.0 Å². The van der Waals surface area contributed by atoms with Crippen LogP contribution in [0.3, 0.4) is 0 Å². The number of rotatable bonds is 5. The van der Waals surface area contributed by atoms with Crippen LogP contribution in [0.1, 0.15) is 31.1 Å². The van der Waals surface area contributed by atoms with E-state index in [0.717, 1.165) is 5.69 Å². The molecule has 0 fully saturated rings. The third-order valence-electron chi connectivity index (χ3n) is 2.67. The van der Waals surface area contributed by atoms with E-state index in [2.05, 4.69) is 15.4 Å². The summed E-state index contributed by atoms with van der Waals surface area (Å²) in [5, 5.41) is 5.89. The quantitative estimate of drug-likeness (QED) is 0.796. The number of anilines is 1. The molecular weight excluding hydrogens is 244 g/mol. The zero-order valence-corrected chi connectivity index (χ0v) is 11.7. The van der Waals surface area contributed by atoms with Gasteiger partial charge in [0.15, 0.2) is 0 Å². The number of carbonyl (C=O) groups excluding carboxylic acids is 2. The average molecular weight is 264 g/mol. The Labute approximate surface area is 113 Å². The average Bonchev–Trinajstić information content (AvgIpc) is 2.38. The number of likely N-dealkylation sites (N-methyl/N-ethyl adjacent to an activating group) is 1. The van der Waals surface area contributed by atoms with Crippen LogP contribution in [-0.4, -0.2) is 31.1 Å². The van der Waals surface area contributed by atoms with Crippen molar-refractivity contribution in [2.24, 2.45) is 0 Å². The lowest BCUT2D eigenvalue weighted by molar-refractivity contribution is -0.124. The van der Waals surface area contributed by atoms with Crippen LogP contribution in [0.4, 0.5) is 5.69 Å². The summed E-state index contributed by atoms with van der Waals surface area (Å²) < 4.78 is 4.62. The van der Waals surface area contributed by atoms with Crippen LogP contribution in [0, 0.1) is 0 Å². The number of amides is 1. The minimum absolute atomic E-state index is 0.0768. The highest BCUT2D eigenvalue weighted by Gasteiger charge is 2.26. The highest BCUT2D eigenvalue weighted by atomic mass is 16.5. The lowest BCUT2D eigenvalue weighted by Gasteiger charge is -2.26. The van der Waals surface area contributed by atoms with Gasteiger partial charge in [-0.05, 0) is 45.0 Å². The zero-order valence-electron chi connectivity index (χ0n) is 11.7. The third kappa shape index (κ3) is 3.98. The van der Waals surface area contributed by atoms with Crippen molar-refractivity contribution in [1.29, 1.82) is 0 Å². The molecule has 1 aromatic carbocycles. The fourth-order valence-electron chi connectivity index (χ4n) is 1.61. The number of ether oxygens (including phenoxy) is 1. The summed E-state index contributed by atoms with van der Waals surface area (Å²) in [6.45, 7) is 6.06. The van der Waals surface area contributed by atoms with E-state index in [4.69, 9.17) is 0 Å². The zero-order chi connectivity index (χ0) is 14.5. The second kappa shape index (κ2) is 6.22. The summed E-state index contributed by atoms with van der Waals surface area (Å²) >= 11 is 0. The Bertz CT molecular complexity index is 452. The molecule has 5 nitrogen and oxygen atoms in total. The first-order chi connectivity index (χ1) is 8.90. The summed E-state index contributed by atoms with van der Waals surface area (Å²) in [5.74, 6) is -0.457. The Kier molecular flexibility index (Phi) is 4.92. The number of esters is 1. The minimum Gasteiger partial charge on any atom is -0.465 e. The molecule has 0 bridgehead atoms. The smallest absolute Gasteiger partial charge is 0.337 e. The summed E-state index contributed by atoms with van der Waals surface area (Å²) in [5.41, 5.74) is 0.524. The van der Waals surface area contributed by atoms with Gasteiger partial charge in [-0.2, -0.15) is 0 Å². The van der Waals surface area contributed by atoms with Gasteiger partial charge < -0.3 is 15.4 Å². The number of carbonyl (C=O) groups is 2. The van der Waals surface area contributed by atoms with E-state index in [0.29, 0.717) is 12.1 Å². The molecule has 0 aromatic heterocycles. The molecule has 5 heteroatoms. The molecule has 0 atom stereocenters. The molecule has 0 radical (unpaired) electrons. The molecule has 0 saturated carbocycles. The van der Waals surface area contributed by atoms with E-state index < -0.39 is 5.54 Å². The molecule has 1 rings (SSSR count). The molecule has 2 N–H and O–H groups in total. The number of hydrogen-bond donors (Lipinski definition) is 2. The van der Waals surface area contributed by atoms with Crippen LogP contribution in [-0.2, 0) is 9.53 Å². The van der Waals surface area contributed by atoms with Crippen LogP contribution in [0.25, 0.3) is 0 Å². The van der Waals surface area contributed by atoms with Crippen LogP contribution in [0.5, 0.6) is 0 Å². The maximum atomic E-state index is 11.8. The van der Waals surface area contributed by atoms with Gasteiger partial charge in [0.25, 0.3) is 0 Å². The van der Waals surface area contributed by atoms with Crippen molar-refractivity contribution in [2.45, 2.75) is 26.3 Å². The van der Waals surface area contributed by atoms with Gasteiger partial charge in [0.2, 0.25) is 5.91 Å². The van der Waals surface area contributed by atoms with Gasteiger partial charge >= 0.3 is 5.97 Å². The van der Waals surface area contributed by atoms with E-state index in [1.54, 1.807) is 38.1 Å². The van der Waals surface area contributed by atoms with Gasteiger partial charge in [-0.1, -0.05) is 0 Å². The molecule has 19 heavy (non-hydrogen) atoms. The molecule has 0 spiro atoms. The van der Waals surface area contributed by atoms with Crippen molar-refractivity contribution < 1.29 is 14.3 Å². The molecule has 1 aromatic rings. The van der Waals surface area contributed by atoms with E-state index in [-0.39, 0.29) is 11.9 Å². The SMILES string of the molecule is CCNC(=O)C(C)(C)Nc1ccc(C(=O)OC)cc1. The van der Waals surface area contributed by atoms with Crippen molar-refractivity contribution in [3.8, 4) is 0 Å². The first-order valence-electron chi connectivity index (χ1n) is 6.15. The molecule has 1 amide bonds. The largest absolute Gasteiger partial charge is 0.465 e. The van der Waals surface area contributed by atoms with E-state index in [1.165, 1.54) is 7.11 Å². The van der Waals surface area contributed by atoms with Crippen LogP contribution >= 0.6 is 0 Å². The van der Waals surface area contributed by atoms with Crippen molar-refractivity contribution in [3.05, 3.63) is 29.8 Å². The monoisotopic (exact) mass is 264 g/mol. The molecule has 104 valence electrons. The molecule has 0 aliphatic carbocycles. The Hall–Kier alpha value is -2.04. The second-order valence-electron chi connectivity index (χ2n) is 4.68. The highest BCUT2D eigenvalue weighted by Crippen LogP contribution is 2.16. The first-order valence-corrected chi connectivity index (χ1v) is 6.15. The lowest BCUT2D eigenvalue weighted by atomic mass is 10.0. The van der Waals surface area contributed by atoms with E-state index >= 15 is 0 Å². The lowest BCUT2D eigenvalue weighted by Crippen LogP contribution is -2.47. The number of benzene rings is 1. The highest BCUT2D eigenvalue weighted by molar-refractivity contribution is 5.90. The van der Waals surface area contributed by atoms with Gasteiger partial charge in [0.05, 0.1) is 12.7 Å².